The van der Waals surface area contributed by atoms with E-state index < -0.39 is 0 Å². The average molecular weight is 447 g/mol. The van der Waals surface area contributed by atoms with Crippen molar-refractivity contribution in [3.63, 3.8) is 0 Å². The molecule has 2 aromatic heterocycles. The molecule has 0 aliphatic carbocycles. The molecule has 0 aliphatic rings. The van der Waals surface area contributed by atoms with E-state index in [1.807, 2.05) is 47.4 Å². The Labute approximate surface area is 192 Å². The lowest BCUT2D eigenvalue weighted by molar-refractivity contribution is 0.0950. The number of aryl methyl sites for hydroxylation is 2. The monoisotopic (exact) mass is 446 g/mol. The fourth-order valence-corrected chi connectivity index (χ4v) is 3.82. The number of aromatic amines is 1. The van der Waals surface area contributed by atoms with Crippen LogP contribution in [-0.4, -0.2) is 30.5 Å². The molecule has 0 saturated carbocycles. The number of carbonyl (C=O) groups excluding carboxylic acids is 1. The minimum atomic E-state index is -0.202. The zero-order valence-electron chi connectivity index (χ0n) is 18.4. The van der Waals surface area contributed by atoms with Crippen LogP contribution < -0.4 is 5.32 Å². The van der Waals surface area contributed by atoms with Crippen LogP contribution in [-0.2, 0) is 19.6 Å². The van der Waals surface area contributed by atoms with Gasteiger partial charge in [-0.25, -0.2) is 0 Å². The predicted molar refractivity (Wildman–Crippen MR) is 127 cm³/mol. The molecule has 0 bridgehead atoms. The number of rotatable bonds is 7. The molecule has 0 fully saturated rings. The van der Waals surface area contributed by atoms with Gasteiger partial charge in [-0.1, -0.05) is 59.7 Å². The summed E-state index contributed by atoms with van der Waals surface area (Å²) in [4.78, 5) is 13.2. The SMILES string of the molecule is CCn1c(CNC(=O)c2cn(Cc3ccc(C)cc3)nc2-c2ccc(C)cc2)n[nH]c1=S. The van der Waals surface area contributed by atoms with Gasteiger partial charge < -0.3 is 9.88 Å². The first kappa shape index (κ1) is 21.7. The van der Waals surface area contributed by atoms with Gasteiger partial charge >= 0.3 is 0 Å². The van der Waals surface area contributed by atoms with Crippen molar-refractivity contribution in [1.29, 1.82) is 0 Å². The molecule has 164 valence electrons. The quantitative estimate of drug-likeness (QED) is 0.412. The first-order valence-corrected chi connectivity index (χ1v) is 11.0. The number of aromatic nitrogens is 5. The molecule has 0 spiro atoms. The Morgan fingerprint density at radius 1 is 1.06 bits per heavy atom. The molecule has 8 heteroatoms. The second-order valence-electron chi connectivity index (χ2n) is 7.81. The van der Waals surface area contributed by atoms with Crippen LogP contribution in [0.5, 0.6) is 0 Å². The fourth-order valence-electron chi connectivity index (χ4n) is 3.54. The third-order valence-corrected chi connectivity index (χ3v) is 5.67. The van der Waals surface area contributed by atoms with Crippen molar-refractivity contribution in [1.82, 2.24) is 29.9 Å². The number of benzene rings is 2. The third-order valence-electron chi connectivity index (χ3n) is 5.36. The summed E-state index contributed by atoms with van der Waals surface area (Å²) >= 11 is 5.23. The molecule has 0 radical (unpaired) electrons. The number of nitrogens with one attached hydrogen (secondary N) is 2. The molecule has 2 N–H and O–H groups in total. The van der Waals surface area contributed by atoms with Gasteiger partial charge in [-0.2, -0.15) is 10.2 Å². The van der Waals surface area contributed by atoms with Gasteiger partial charge in [-0.05, 0) is 38.6 Å². The first-order valence-electron chi connectivity index (χ1n) is 10.6. The van der Waals surface area contributed by atoms with Crippen molar-refractivity contribution in [3.05, 3.63) is 87.6 Å². The van der Waals surface area contributed by atoms with Crippen molar-refractivity contribution in [2.75, 3.05) is 0 Å². The summed E-state index contributed by atoms with van der Waals surface area (Å²) in [5.41, 5.74) is 5.57. The smallest absolute Gasteiger partial charge is 0.255 e. The number of nitrogens with zero attached hydrogens (tertiary/aromatic N) is 4. The lowest BCUT2D eigenvalue weighted by Crippen LogP contribution is -2.25. The van der Waals surface area contributed by atoms with E-state index in [9.17, 15) is 4.79 Å². The van der Waals surface area contributed by atoms with E-state index in [4.69, 9.17) is 17.3 Å². The number of H-pyrrole nitrogens is 1. The number of hydrogen-bond acceptors (Lipinski definition) is 4. The van der Waals surface area contributed by atoms with E-state index in [2.05, 4.69) is 46.7 Å². The fraction of sp³-hybridized carbons (Fsp3) is 0.250. The maximum Gasteiger partial charge on any atom is 0.255 e. The van der Waals surface area contributed by atoms with Gasteiger partial charge in [0.2, 0.25) is 0 Å². The highest BCUT2D eigenvalue weighted by Crippen LogP contribution is 2.23. The van der Waals surface area contributed by atoms with Crippen LogP contribution in [0.25, 0.3) is 11.3 Å². The molecule has 32 heavy (non-hydrogen) atoms. The predicted octanol–water partition coefficient (Wildman–Crippen LogP) is 4.42. The highest BCUT2D eigenvalue weighted by atomic mass is 32.1. The van der Waals surface area contributed by atoms with Gasteiger partial charge in [0, 0.05) is 18.3 Å². The molecular formula is C24H26N6OS. The molecule has 0 atom stereocenters. The summed E-state index contributed by atoms with van der Waals surface area (Å²) < 4.78 is 4.22. The largest absolute Gasteiger partial charge is 0.345 e. The lowest BCUT2D eigenvalue weighted by atomic mass is 10.1. The van der Waals surface area contributed by atoms with Crippen LogP contribution in [0.1, 0.15) is 39.8 Å². The average Bonchev–Trinajstić information content (AvgIpc) is 3.37. The van der Waals surface area contributed by atoms with Crippen LogP contribution in [0.3, 0.4) is 0 Å². The van der Waals surface area contributed by atoms with Gasteiger partial charge in [0.1, 0.15) is 5.69 Å². The summed E-state index contributed by atoms with van der Waals surface area (Å²) in [6, 6.07) is 16.3. The number of hydrogen-bond donors (Lipinski definition) is 2. The Bertz CT molecular complexity index is 1280. The van der Waals surface area contributed by atoms with E-state index in [1.165, 1.54) is 5.56 Å². The Hall–Kier alpha value is -3.52. The zero-order chi connectivity index (χ0) is 22.7. The summed E-state index contributed by atoms with van der Waals surface area (Å²) in [6.45, 7) is 7.63. The highest BCUT2D eigenvalue weighted by Gasteiger charge is 2.19. The number of amides is 1. The van der Waals surface area contributed by atoms with Crippen molar-refractivity contribution in [2.45, 2.75) is 40.4 Å². The van der Waals surface area contributed by atoms with E-state index >= 15 is 0 Å². The molecule has 7 nitrogen and oxygen atoms in total. The molecule has 0 saturated heterocycles. The molecule has 2 aromatic carbocycles. The summed E-state index contributed by atoms with van der Waals surface area (Å²) in [7, 11) is 0. The van der Waals surface area contributed by atoms with Crippen molar-refractivity contribution in [2.24, 2.45) is 0 Å². The Balaban J connectivity index is 1.62. The molecule has 4 aromatic rings. The van der Waals surface area contributed by atoms with Crippen LogP contribution >= 0.6 is 12.2 Å². The molecule has 0 aliphatic heterocycles. The van der Waals surface area contributed by atoms with Crippen molar-refractivity contribution < 1.29 is 4.79 Å². The Kier molecular flexibility index (Phi) is 6.32. The van der Waals surface area contributed by atoms with Crippen molar-refractivity contribution >= 4 is 18.1 Å². The third kappa shape index (κ3) is 4.70. The molecule has 0 unspecified atom stereocenters. The maximum absolute atomic E-state index is 13.2. The molecular weight excluding hydrogens is 420 g/mol. The summed E-state index contributed by atoms with van der Waals surface area (Å²) in [6.07, 6.45) is 1.81. The minimum Gasteiger partial charge on any atom is -0.345 e. The van der Waals surface area contributed by atoms with Crippen LogP contribution in [0.4, 0.5) is 0 Å². The lowest BCUT2D eigenvalue weighted by Gasteiger charge is -2.06. The second-order valence-corrected chi connectivity index (χ2v) is 8.20. The summed E-state index contributed by atoms with van der Waals surface area (Å²) in [5.74, 6) is 0.488. The highest BCUT2D eigenvalue weighted by molar-refractivity contribution is 7.71. The van der Waals surface area contributed by atoms with E-state index in [0.717, 1.165) is 16.7 Å². The standard InChI is InChI=1S/C24H26N6OS/c1-4-30-21(26-27-24(30)32)13-25-23(31)20-15-29(14-18-9-5-16(2)6-10-18)28-22(20)19-11-7-17(3)8-12-19/h5-12,15H,4,13-14H2,1-3H3,(H,25,31)(H,27,32). The maximum atomic E-state index is 13.2. The van der Waals surface area contributed by atoms with Crippen LogP contribution in [0.2, 0.25) is 0 Å². The van der Waals surface area contributed by atoms with Gasteiger partial charge in [-0.15, -0.1) is 0 Å². The Morgan fingerprint density at radius 2 is 1.72 bits per heavy atom. The van der Waals surface area contributed by atoms with Gasteiger partial charge in [-0.3, -0.25) is 14.6 Å². The zero-order valence-corrected chi connectivity index (χ0v) is 19.2. The van der Waals surface area contributed by atoms with Crippen LogP contribution in [0, 0.1) is 18.6 Å². The van der Waals surface area contributed by atoms with E-state index in [1.54, 1.807) is 6.20 Å². The van der Waals surface area contributed by atoms with E-state index in [0.29, 0.717) is 34.9 Å². The Morgan fingerprint density at radius 3 is 2.38 bits per heavy atom. The van der Waals surface area contributed by atoms with Gasteiger partial charge in [0.15, 0.2) is 10.6 Å². The van der Waals surface area contributed by atoms with Gasteiger partial charge in [0.25, 0.3) is 5.91 Å². The summed E-state index contributed by atoms with van der Waals surface area (Å²) in [5, 5.41) is 14.7. The van der Waals surface area contributed by atoms with Gasteiger partial charge in [0.05, 0.1) is 18.7 Å². The molecule has 1 amide bonds. The molecule has 2 heterocycles. The molecule has 4 rings (SSSR count). The number of carbonyl (C=O) groups is 1. The second kappa shape index (κ2) is 9.32. The van der Waals surface area contributed by atoms with Crippen LogP contribution in [0.15, 0.2) is 54.7 Å². The van der Waals surface area contributed by atoms with E-state index in [-0.39, 0.29) is 12.5 Å². The topological polar surface area (TPSA) is 80.5 Å². The normalized spacial score (nSPS) is 11.0. The van der Waals surface area contributed by atoms with Crippen molar-refractivity contribution in [3.8, 4) is 11.3 Å². The minimum absolute atomic E-state index is 0.202. The first-order chi connectivity index (χ1) is 15.4.